The molecule has 0 saturated heterocycles. The molecule has 1 aromatic heterocycles. The summed E-state index contributed by atoms with van der Waals surface area (Å²) >= 11 is 0. The maximum Gasteiger partial charge on any atom is 0.339 e. The van der Waals surface area contributed by atoms with Crippen LogP contribution in [0.25, 0.3) is 22.2 Å². The first-order valence-electron chi connectivity index (χ1n) is 12.7. The number of aryl methyl sites for hydroxylation is 1. The normalized spacial score (nSPS) is 10.7. The van der Waals surface area contributed by atoms with Crippen molar-refractivity contribution >= 4 is 28.5 Å². The molecular weight excluding hydrogens is 488 g/mol. The molecule has 0 aliphatic heterocycles. The summed E-state index contributed by atoms with van der Waals surface area (Å²) in [7, 11) is 0. The molecule has 0 atom stereocenters. The van der Waals surface area contributed by atoms with Crippen molar-refractivity contribution in [3.8, 4) is 17.0 Å². The highest BCUT2D eigenvalue weighted by atomic mass is 16.5. The van der Waals surface area contributed by atoms with Gasteiger partial charge in [0.25, 0.3) is 5.91 Å². The van der Waals surface area contributed by atoms with Gasteiger partial charge in [0.15, 0.2) is 6.61 Å². The number of para-hydroxylation sites is 2. The van der Waals surface area contributed by atoms with Gasteiger partial charge in [0.05, 0.1) is 16.8 Å². The smallest absolute Gasteiger partial charge is 0.339 e. The zero-order valence-electron chi connectivity index (χ0n) is 21.8. The Bertz CT molecular complexity index is 1630. The molecule has 39 heavy (non-hydrogen) atoms. The van der Waals surface area contributed by atoms with Gasteiger partial charge in [-0.05, 0) is 66.9 Å². The molecule has 5 aromatic rings. The summed E-state index contributed by atoms with van der Waals surface area (Å²) in [6.07, 6.45) is 0. The molecule has 0 fully saturated rings. The van der Waals surface area contributed by atoms with Crippen LogP contribution in [0.15, 0.2) is 103 Å². The van der Waals surface area contributed by atoms with E-state index < -0.39 is 18.5 Å². The number of esters is 1. The van der Waals surface area contributed by atoms with Crippen LogP contribution in [0.4, 0.5) is 5.69 Å². The lowest BCUT2D eigenvalue weighted by Gasteiger charge is -2.15. The topological polar surface area (TPSA) is 77.5 Å². The second-order valence-electron chi connectivity index (χ2n) is 9.22. The average molecular weight is 517 g/mol. The third-order valence-corrected chi connectivity index (χ3v) is 6.47. The van der Waals surface area contributed by atoms with Gasteiger partial charge >= 0.3 is 5.97 Å². The van der Waals surface area contributed by atoms with Crippen LogP contribution in [0.1, 0.15) is 27.0 Å². The van der Waals surface area contributed by atoms with Crippen molar-refractivity contribution in [2.24, 2.45) is 0 Å². The van der Waals surface area contributed by atoms with Crippen molar-refractivity contribution in [3.05, 3.63) is 125 Å². The first kappa shape index (κ1) is 25.7. The number of hydrogen-bond donors (Lipinski definition) is 1. The number of carbonyl (C=O) groups excluding carboxylic acids is 2. The highest BCUT2D eigenvalue weighted by Gasteiger charge is 2.21. The predicted molar refractivity (Wildman–Crippen MR) is 153 cm³/mol. The quantitative estimate of drug-likeness (QED) is 0.227. The van der Waals surface area contributed by atoms with E-state index in [0.717, 1.165) is 22.4 Å². The van der Waals surface area contributed by atoms with Gasteiger partial charge < -0.3 is 14.8 Å². The fraction of sp³-hybridized carbons (Fsp3) is 0.121. The minimum absolute atomic E-state index is 0.392. The Hall–Kier alpha value is -4.97. The molecule has 0 spiro atoms. The Kier molecular flexibility index (Phi) is 7.64. The molecule has 1 N–H and O–H groups in total. The van der Waals surface area contributed by atoms with E-state index in [-0.39, 0.29) is 0 Å². The lowest BCUT2D eigenvalue weighted by molar-refractivity contribution is -0.119. The fourth-order valence-electron chi connectivity index (χ4n) is 4.40. The van der Waals surface area contributed by atoms with Crippen molar-refractivity contribution in [3.63, 3.8) is 0 Å². The second kappa shape index (κ2) is 11.6. The number of nitrogens with zero attached hydrogens (tertiary/aromatic N) is 1. The molecule has 0 aliphatic rings. The van der Waals surface area contributed by atoms with Crippen molar-refractivity contribution in [2.75, 3.05) is 11.9 Å². The van der Waals surface area contributed by atoms with Gasteiger partial charge in [0.1, 0.15) is 12.4 Å². The van der Waals surface area contributed by atoms with Gasteiger partial charge in [0.2, 0.25) is 0 Å². The van der Waals surface area contributed by atoms with E-state index in [1.54, 1.807) is 6.07 Å². The molecule has 0 aliphatic carbocycles. The van der Waals surface area contributed by atoms with Crippen molar-refractivity contribution < 1.29 is 19.1 Å². The Morgan fingerprint density at radius 3 is 2.26 bits per heavy atom. The molecule has 0 radical (unpaired) electrons. The van der Waals surface area contributed by atoms with Crippen molar-refractivity contribution in [1.29, 1.82) is 0 Å². The van der Waals surface area contributed by atoms with Crippen LogP contribution >= 0.6 is 0 Å². The first-order chi connectivity index (χ1) is 19.0. The van der Waals surface area contributed by atoms with Crippen LogP contribution in [-0.4, -0.2) is 23.5 Å². The molecule has 4 aromatic carbocycles. The zero-order chi connectivity index (χ0) is 27.2. The van der Waals surface area contributed by atoms with E-state index in [2.05, 4.69) is 5.32 Å². The third-order valence-electron chi connectivity index (χ3n) is 6.47. The molecule has 0 unspecified atom stereocenters. The van der Waals surface area contributed by atoms with Crippen LogP contribution in [0.5, 0.6) is 5.75 Å². The number of fused-ring (bicyclic) bond motifs is 1. The molecule has 1 amide bonds. The third kappa shape index (κ3) is 5.96. The summed E-state index contributed by atoms with van der Waals surface area (Å²) < 4.78 is 11.4. The number of nitrogens with one attached hydrogen (secondary N) is 1. The van der Waals surface area contributed by atoms with Crippen LogP contribution in [-0.2, 0) is 16.1 Å². The number of benzene rings is 4. The van der Waals surface area contributed by atoms with Crippen LogP contribution in [0.2, 0.25) is 0 Å². The highest BCUT2D eigenvalue weighted by Crippen LogP contribution is 2.31. The van der Waals surface area contributed by atoms with E-state index in [1.165, 1.54) is 0 Å². The SMILES string of the molecule is Cc1ccccc1NC(=O)COC(=O)c1c(C)c(-c2ccc(OCc3ccccc3)cc2)nc2ccccc12. The van der Waals surface area contributed by atoms with Crippen molar-refractivity contribution in [2.45, 2.75) is 20.5 Å². The maximum atomic E-state index is 13.3. The number of amides is 1. The Morgan fingerprint density at radius 2 is 1.49 bits per heavy atom. The van der Waals surface area contributed by atoms with E-state index in [1.807, 2.05) is 111 Å². The minimum Gasteiger partial charge on any atom is -0.489 e. The van der Waals surface area contributed by atoms with Crippen LogP contribution in [0, 0.1) is 13.8 Å². The lowest BCUT2D eigenvalue weighted by atomic mass is 9.97. The van der Waals surface area contributed by atoms with Gasteiger partial charge in [-0.3, -0.25) is 4.79 Å². The number of anilines is 1. The van der Waals surface area contributed by atoms with Gasteiger partial charge in [-0.15, -0.1) is 0 Å². The predicted octanol–water partition coefficient (Wildman–Crippen LogP) is 6.89. The molecule has 194 valence electrons. The number of aromatic nitrogens is 1. The summed E-state index contributed by atoms with van der Waals surface area (Å²) in [5.74, 6) is -0.240. The molecule has 6 heteroatoms. The van der Waals surface area contributed by atoms with Gasteiger partial charge in [-0.1, -0.05) is 66.7 Å². The van der Waals surface area contributed by atoms with Crippen LogP contribution < -0.4 is 10.1 Å². The Labute approximate surface area is 227 Å². The first-order valence-corrected chi connectivity index (χ1v) is 12.7. The number of carbonyl (C=O) groups is 2. The van der Waals surface area contributed by atoms with E-state index >= 15 is 0 Å². The Balaban J connectivity index is 1.36. The summed E-state index contributed by atoms with van der Waals surface area (Å²) in [4.78, 5) is 30.7. The monoisotopic (exact) mass is 516 g/mol. The van der Waals surface area contributed by atoms with Crippen LogP contribution in [0.3, 0.4) is 0 Å². The van der Waals surface area contributed by atoms with Gasteiger partial charge in [-0.25, -0.2) is 9.78 Å². The molecule has 0 saturated carbocycles. The zero-order valence-corrected chi connectivity index (χ0v) is 21.8. The minimum atomic E-state index is -0.574. The standard InChI is InChI=1S/C33H28N2O4/c1-22-10-6-8-14-28(22)34-30(36)21-39-33(37)31-23(2)32(35-29-15-9-7-13-27(29)31)25-16-18-26(19-17-25)38-20-24-11-4-3-5-12-24/h3-19H,20-21H2,1-2H3,(H,34,36). The fourth-order valence-corrected chi connectivity index (χ4v) is 4.40. The molecular formula is C33H28N2O4. The van der Waals surface area contributed by atoms with Gasteiger partial charge in [-0.2, -0.15) is 0 Å². The summed E-state index contributed by atoms with van der Waals surface area (Å²) in [6, 6.07) is 32.5. The summed E-state index contributed by atoms with van der Waals surface area (Å²) in [6.45, 7) is 3.82. The molecule has 1 heterocycles. The molecule has 6 nitrogen and oxygen atoms in total. The molecule has 5 rings (SSSR count). The summed E-state index contributed by atoms with van der Waals surface area (Å²) in [5.41, 5.74) is 5.94. The number of hydrogen-bond acceptors (Lipinski definition) is 5. The van der Waals surface area contributed by atoms with Crippen molar-refractivity contribution in [1.82, 2.24) is 4.98 Å². The molecule has 0 bridgehead atoms. The average Bonchev–Trinajstić information content (AvgIpc) is 2.96. The number of pyridine rings is 1. The largest absolute Gasteiger partial charge is 0.489 e. The lowest BCUT2D eigenvalue weighted by Crippen LogP contribution is -2.22. The second-order valence-corrected chi connectivity index (χ2v) is 9.22. The Morgan fingerprint density at radius 1 is 0.795 bits per heavy atom. The maximum absolute atomic E-state index is 13.3. The number of rotatable bonds is 8. The number of ether oxygens (including phenoxy) is 2. The summed E-state index contributed by atoms with van der Waals surface area (Å²) in [5, 5.41) is 3.46. The van der Waals surface area contributed by atoms with E-state index in [4.69, 9.17) is 14.5 Å². The van der Waals surface area contributed by atoms with E-state index in [0.29, 0.717) is 40.0 Å². The highest BCUT2D eigenvalue weighted by molar-refractivity contribution is 6.07. The van der Waals surface area contributed by atoms with Gasteiger partial charge in [0, 0.05) is 16.6 Å². The van der Waals surface area contributed by atoms with E-state index in [9.17, 15) is 9.59 Å².